The van der Waals surface area contributed by atoms with E-state index < -0.39 is 0 Å². The first kappa shape index (κ1) is 18.2. The number of hydrogen-bond donors (Lipinski definition) is 0. The van der Waals surface area contributed by atoms with Crippen LogP contribution < -0.4 is 10.5 Å². The maximum absolute atomic E-state index is 12.4. The van der Waals surface area contributed by atoms with E-state index in [1.54, 1.807) is 42.5 Å². The Labute approximate surface area is 162 Å². The fraction of sp³-hybridized carbons (Fsp3) is 0.350. The Hall–Kier alpha value is -3.13. The third-order valence-corrected chi connectivity index (χ3v) is 4.84. The van der Waals surface area contributed by atoms with Gasteiger partial charge in [0, 0.05) is 43.9 Å². The number of ether oxygens (including phenoxy) is 1. The van der Waals surface area contributed by atoms with Gasteiger partial charge >= 0.3 is 0 Å². The lowest BCUT2D eigenvalue weighted by Crippen LogP contribution is -2.37. The molecule has 0 aromatic carbocycles. The predicted octanol–water partition coefficient (Wildman–Crippen LogP) is 1.91. The fourth-order valence-corrected chi connectivity index (χ4v) is 3.52. The van der Waals surface area contributed by atoms with Crippen molar-refractivity contribution < 1.29 is 4.74 Å². The highest BCUT2D eigenvalue weighted by Gasteiger charge is 2.27. The van der Waals surface area contributed by atoms with Crippen LogP contribution in [0.15, 0.2) is 53.7 Å². The Bertz CT molecular complexity index is 991. The molecule has 1 unspecified atom stereocenters. The number of nitrogens with zero attached hydrogens (tertiary/aromatic N) is 6. The predicted molar refractivity (Wildman–Crippen MR) is 105 cm³/mol. The maximum atomic E-state index is 12.4. The van der Waals surface area contributed by atoms with Crippen LogP contribution in [0.3, 0.4) is 0 Å². The van der Waals surface area contributed by atoms with E-state index in [1.165, 1.54) is 0 Å². The van der Waals surface area contributed by atoms with Crippen LogP contribution in [0.2, 0.25) is 0 Å². The summed E-state index contributed by atoms with van der Waals surface area (Å²) in [5.41, 5.74) is 1.52. The van der Waals surface area contributed by atoms with Crippen molar-refractivity contribution in [1.29, 1.82) is 0 Å². The summed E-state index contributed by atoms with van der Waals surface area (Å²) in [6, 6.07) is 9.15. The van der Waals surface area contributed by atoms with E-state index in [4.69, 9.17) is 4.74 Å². The van der Waals surface area contributed by atoms with Crippen LogP contribution in [0.25, 0.3) is 11.3 Å². The molecule has 1 atom stereocenters. The van der Waals surface area contributed by atoms with Crippen molar-refractivity contribution in [3.8, 4) is 11.3 Å². The zero-order chi connectivity index (χ0) is 19.3. The molecule has 3 aromatic rings. The van der Waals surface area contributed by atoms with Gasteiger partial charge < -0.3 is 9.64 Å². The Balaban J connectivity index is 1.58. The van der Waals surface area contributed by atoms with Gasteiger partial charge in [0.25, 0.3) is 5.56 Å². The molecule has 3 aromatic heterocycles. The molecule has 0 saturated carbocycles. The molecule has 8 nitrogen and oxygen atoms in total. The normalized spacial score (nSPS) is 16.5. The quantitative estimate of drug-likeness (QED) is 0.648. The lowest BCUT2D eigenvalue weighted by atomic mass is 10.2. The number of methoxy groups -OCH3 is 1. The van der Waals surface area contributed by atoms with Crippen molar-refractivity contribution >= 4 is 5.82 Å². The van der Waals surface area contributed by atoms with Gasteiger partial charge in [-0.15, -0.1) is 0 Å². The van der Waals surface area contributed by atoms with Gasteiger partial charge in [-0.1, -0.05) is 0 Å². The minimum atomic E-state index is -0.109. The molecule has 1 aliphatic heterocycles. The number of anilines is 1. The van der Waals surface area contributed by atoms with Crippen molar-refractivity contribution in [3.05, 3.63) is 65.1 Å². The second kappa shape index (κ2) is 8.26. The standard InChI is InChI=1S/C20H22N6O2/c1-28-14-18-22-10-8-19(23-18)25-11-3-5-16(25)13-26-20(27)7-6-17(24-26)15-4-2-9-21-12-15/h2,4,6-10,12,16H,3,5,11,13-14H2,1H3. The summed E-state index contributed by atoms with van der Waals surface area (Å²) < 4.78 is 6.68. The topological polar surface area (TPSA) is 86.0 Å². The van der Waals surface area contributed by atoms with Gasteiger partial charge in [0.05, 0.1) is 18.3 Å². The molecule has 0 spiro atoms. The summed E-state index contributed by atoms with van der Waals surface area (Å²) in [6.07, 6.45) is 7.24. The lowest BCUT2D eigenvalue weighted by molar-refractivity contribution is 0.178. The first-order chi connectivity index (χ1) is 13.7. The van der Waals surface area contributed by atoms with Crippen molar-refractivity contribution in [3.63, 3.8) is 0 Å². The second-order valence-electron chi connectivity index (χ2n) is 6.73. The molecule has 0 amide bonds. The molecule has 8 heteroatoms. The molecule has 0 N–H and O–H groups in total. The highest BCUT2D eigenvalue weighted by molar-refractivity contribution is 5.56. The van der Waals surface area contributed by atoms with Gasteiger partial charge in [-0.25, -0.2) is 14.6 Å². The van der Waals surface area contributed by atoms with Crippen LogP contribution in [0.5, 0.6) is 0 Å². The monoisotopic (exact) mass is 378 g/mol. The average Bonchev–Trinajstić information content (AvgIpc) is 3.19. The Kier molecular flexibility index (Phi) is 5.38. The molecule has 4 rings (SSSR count). The van der Waals surface area contributed by atoms with Crippen LogP contribution in [0, 0.1) is 0 Å². The first-order valence-electron chi connectivity index (χ1n) is 9.30. The van der Waals surface area contributed by atoms with Crippen LogP contribution in [-0.2, 0) is 17.9 Å². The molecule has 1 fully saturated rings. The number of hydrogen-bond acceptors (Lipinski definition) is 7. The molecule has 144 valence electrons. The summed E-state index contributed by atoms with van der Waals surface area (Å²) in [5, 5.41) is 4.57. The van der Waals surface area contributed by atoms with Crippen molar-refractivity contribution in [2.75, 3.05) is 18.6 Å². The molecule has 1 aliphatic rings. The van der Waals surface area contributed by atoms with E-state index in [-0.39, 0.29) is 11.6 Å². The van der Waals surface area contributed by atoms with Gasteiger partial charge in [0.15, 0.2) is 5.82 Å². The molecule has 4 heterocycles. The van der Waals surface area contributed by atoms with Gasteiger partial charge in [0.1, 0.15) is 12.4 Å². The first-order valence-corrected chi connectivity index (χ1v) is 9.30. The van der Waals surface area contributed by atoms with E-state index in [9.17, 15) is 4.79 Å². The van der Waals surface area contributed by atoms with E-state index in [2.05, 4.69) is 25.0 Å². The van der Waals surface area contributed by atoms with E-state index in [0.717, 1.165) is 36.5 Å². The van der Waals surface area contributed by atoms with Crippen LogP contribution in [0.1, 0.15) is 18.7 Å². The summed E-state index contributed by atoms with van der Waals surface area (Å²) in [5.74, 6) is 1.51. The average molecular weight is 378 g/mol. The van der Waals surface area contributed by atoms with Crippen molar-refractivity contribution in [1.82, 2.24) is 24.7 Å². The fourth-order valence-electron chi connectivity index (χ4n) is 3.52. The van der Waals surface area contributed by atoms with Gasteiger partial charge in [-0.05, 0) is 37.1 Å². The third kappa shape index (κ3) is 3.91. The Morgan fingerprint density at radius 2 is 2.14 bits per heavy atom. The highest BCUT2D eigenvalue weighted by Crippen LogP contribution is 2.24. The summed E-state index contributed by atoms with van der Waals surface area (Å²) in [6.45, 7) is 1.78. The van der Waals surface area contributed by atoms with Gasteiger partial charge in [-0.2, -0.15) is 5.10 Å². The van der Waals surface area contributed by atoms with Gasteiger partial charge in [-0.3, -0.25) is 9.78 Å². The number of pyridine rings is 1. The smallest absolute Gasteiger partial charge is 0.266 e. The molecule has 28 heavy (non-hydrogen) atoms. The SMILES string of the molecule is COCc1nccc(N2CCCC2Cn2nc(-c3cccnc3)ccc2=O)n1. The largest absolute Gasteiger partial charge is 0.377 e. The molecule has 0 aliphatic carbocycles. The van der Waals surface area contributed by atoms with Crippen molar-refractivity contribution in [2.45, 2.75) is 32.0 Å². The highest BCUT2D eigenvalue weighted by atomic mass is 16.5. The van der Waals surface area contributed by atoms with Crippen LogP contribution in [-0.4, -0.2) is 44.4 Å². The number of rotatable bonds is 6. The molecule has 0 bridgehead atoms. The van der Waals surface area contributed by atoms with Crippen LogP contribution >= 0.6 is 0 Å². The lowest BCUT2D eigenvalue weighted by Gasteiger charge is -2.26. The number of aromatic nitrogens is 5. The third-order valence-electron chi connectivity index (χ3n) is 4.84. The van der Waals surface area contributed by atoms with Crippen LogP contribution in [0.4, 0.5) is 5.82 Å². The van der Waals surface area contributed by atoms with E-state index in [0.29, 0.717) is 19.0 Å². The maximum Gasteiger partial charge on any atom is 0.266 e. The molecular weight excluding hydrogens is 356 g/mol. The minimum Gasteiger partial charge on any atom is -0.377 e. The second-order valence-corrected chi connectivity index (χ2v) is 6.73. The molecule has 0 radical (unpaired) electrons. The summed E-state index contributed by atoms with van der Waals surface area (Å²) >= 11 is 0. The summed E-state index contributed by atoms with van der Waals surface area (Å²) in [7, 11) is 1.63. The van der Waals surface area contributed by atoms with Gasteiger partial charge in [0.2, 0.25) is 0 Å². The zero-order valence-electron chi connectivity index (χ0n) is 15.7. The molecular formula is C20H22N6O2. The minimum absolute atomic E-state index is 0.109. The summed E-state index contributed by atoms with van der Waals surface area (Å²) in [4.78, 5) is 27.6. The zero-order valence-corrected chi connectivity index (χ0v) is 15.7. The van der Waals surface area contributed by atoms with E-state index in [1.807, 2.05) is 18.2 Å². The Morgan fingerprint density at radius 1 is 1.21 bits per heavy atom. The molecule has 1 saturated heterocycles. The van der Waals surface area contributed by atoms with Crippen molar-refractivity contribution in [2.24, 2.45) is 0 Å². The Morgan fingerprint density at radius 3 is 2.96 bits per heavy atom. The van der Waals surface area contributed by atoms with E-state index >= 15 is 0 Å².